The number of nitrogens with one attached hydrogen (secondary N) is 1. The van der Waals surface area contributed by atoms with Gasteiger partial charge in [0.25, 0.3) is 5.91 Å². The average Bonchev–Trinajstić information content (AvgIpc) is 2.63. The minimum atomic E-state index is -0.583. The lowest BCUT2D eigenvalue weighted by Gasteiger charge is -2.18. The van der Waals surface area contributed by atoms with Gasteiger partial charge in [-0.05, 0) is 43.8 Å². The molecule has 0 aromatic heterocycles. The van der Waals surface area contributed by atoms with Crippen molar-refractivity contribution in [1.82, 2.24) is 4.90 Å². The molecule has 144 valence electrons. The summed E-state index contributed by atoms with van der Waals surface area (Å²) in [5.41, 5.74) is 7.01. The maximum atomic E-state index is 12.3. The molecule has 0 radical (unpaired) electrons. The monoisotopic (exact) mass is 371 g/mol. The van der Waals surface area contributed by atoms with Crippen LogP contribution in [-0.4, -0.2) is 44.0 Å². The lowest BCUT2D eigenvalue weighted by molar-refractivity contribution is -0.117. The fourth-order valence-corrected chi connectivity index (χ4v) is 2.69. The number of hydrogen-bond acceptors (Lipinski definition) is 5. The number of methoxy groups -OCH3 is 1. The Morgan fingerprint density at radius 3 is 2.56 bits per heavy atom. The molecule has 3 N–H and O–H groups in total. The van der Waals surface area contributed by atoms with Crippen LogP contribution in [0, 0.1) is 0 Å². The first-order valence-electron chi connectivity index (χ1n) is 8.61. The van der Waals surface area contributed by atoms with Crippen LogP contribution in [0.2, 0.25) is 0 Å². The third-order valence-electron chi connectivity index (χ3n) is 3.86. The van der Waals surface area contributed by atoms with E-state index in [2.05, 4.69) is 5.32 Å². The average molecular weight is 371 g/mol. The summed E-state index contributed by atoms with van der Waals surface area (Å²) in [6.07, 6.45) is 0. The van der Waals surface area contributed by atoms with E-state index >= 15 is 0 Å². The van der Waals surface area contributed by atoms with Crippen LogP contribution >= 0.6 is 0 Å². The summed E-state index contributed by atoms with van der Waals surface area (Å²) in [6.45, 7) is 3.18. The van der Waals surface area contributed by atoms with Crippen LogP contribution in [0.4, 0.5) is 5.69 Å². The molecule has 0 atom stereocenters. The van der Waals surface area contributed by atoms with Crippen LogP contribution in [0.15, 0.2) is 42.5 Å². The Kier molecular flexibility index (Phi) is 7.19. The van der Waals surface area contributed by atoms with Gasteiger partial charge in [0, 0.05) is 6.54 Å². The predicted molar refractivity (Wildman–Crippen MR) is 104 cm³/mol. The van der Waals surface area contributed by atoms with Gasteiger partial charge in [0.05, 0.1) is 31.5 Å². The number of carbonyl (C=O) groups is 2. The number of nitrogens with zero attached hydrogens (tertiary/aromatic N) is 1. The van der Waals surface area contributed by atoms with Crippen LogP contribution in [0.5, 0.6) is 11.5 Å². The highest BCUT2D eigenvalue weighted by Crippen LogP contribution is 2.28. The molecule has 0 aliphatic heterocycles. The molecule has 0 fully saturated rings. The van der Waals surface area contributed by atoms with Crippen molar-refractivity contribution in [1.29, 1.82) is 0 Å². The molecule has 2 amide bonds. The van der Waals surface area contributed by atoms with Crippen molar-refractivity contribution in [2.24, 2.45) is 5.73 Å². The van der Waals surface area contributed by atoms with Crippen molar-refractivity contribution >= 4 is 17.5 Å². The first-order chi connectivity index (χ1) is 12.9. The zero-order valence-electron chi connectivity index (χ0n) is 15.8. The van der Waals surface area contributed by atoms with Crippen molar-refractivity contribution in [3.63, 3.8) is 0 Å². The molecule has 0 aliphatic carbocycles. The third-order valence-corrected chi connectivity index (χ3v) is 3.86. The molecule has 0 aliphatic rings. The summed E-state index contributed by atoms with van der Waals surface area (Å²) < 4.78 is 10.9. The first kappa shape index (κ1) is 20.3. The smallest absolute Gasteiger partial charge is 0.250 e. The number of ether oxygens (including phenoxy) is 2. The zero-order chi connectivity index (χ0) is 19.8. The highest BCUT2D eigenvalue weighted by Gasteiger charge is 2.13. The molecular weight excluding hydrogens is 346 g/mol. The van der Waals surface area contributed by atoms with Crippen LogP contribution in [0.25, 0.3) is 0 Å². The maximum Gasteiger partial charge on any atom is 0.250 e. The van der Waals surface area contributed by atoms with E-state index in [4.69, 9.17) is 15.2 Å². The Morgan fingerprint density at radius 1 is 1.15 bits per heavy atom. The summed E-state index contributed by atoms with van der Waals surface area (Å²) >= 11 is 0. The summed E-state index contributed by atoms with van der Waals surface area (Å²) in [5.74, 6) is 0.527. The number of rotatable bonds is 9. The number of nitrogens with two attached hydrogens (primary N) is 1. The molecule has 0 saturated carbocycles. The van der Waals surface area contributed by atoms with Gasteiger partial charge in [-0.1, -0.05) is 18.2 Å². The highest BCUT2D eigenvalue weighted by molar-refractivity contribution is 6.03. The Labute approximate surface area is 159 Å². The fourth-order valence-electron chi connectivity index (χ4n) is 2.69. The van der Waals surface area contributed by atoms with Gasteiger partial charge in [0.1, 0.15) is 0 Å². The van der Waals surface area contributed by atoms with E-state index in [0.717, 1.165) is 5.56 Å². The summed E-state index contributed by atoms with van der Waals surface area (Å²) in [5, 5.41) is 2.73. The van der Waals surface area contributed by atoms with Crippen molar-refractivity contribution < 1.29 is 19.1 Å². The second-order valence-electron chi connectivity index (χ2n) is 6.05. The molecule has 7 heteroatoms. The number of hydrogen-bond donors (Lipinski definition) is 2. The van der Waals surface area contributed by atoms with E-state index in [1.165, 1.54) is 0 Å². The first-order valence-corrected chi connectivity index (χ1v) is 8.61. The van der Waals surface area contributed by atoms with E-state index in [0.29, 0.717) is 30.3 Å². The Morgan fingerprint density at radius 2 is 1.89 bits per heavy atom. The second kappa shape index (κ2) is 9.59. The number of carbonyl (C=O) groups excluding carboxylic acids is 2. The topological polar surface area (TPSA) is 93.9 Å². The molecule has 2 aromatic rings. The summed E-state index contributed by atoms with van der Waals surface area (Å²) in [6, 6.07) is 12.3. The van der Waals surface area contributed by atoms with Crippen LogP contribution in [-0.2, 0) is 11.3 Å². The number of amides is 2. The molecule has 0 spiro atoms. The van der Waals surface area contributed by atoms with Gasteiger partial charge in [-0.2, -0.15) is 0 Å². The van der Waals surface area contributed by atoms with Crippen LogP contribution in [0.1, 0.15) is 22.8 Å². The molecular formula is C20H25N3O4. The quantitative estimate of drug-likeness (QED) is 0.705. The van der Waals surface area contributed by atoms with Crippen molar-refractivity contribution in [2.45, 2.75) is 13.5 Å². The summed E-state index contributed by atoms with van der Waals surface area (Å²) in [4.78, 5) is 25.6. The normalized spacial score (nSPS) is 10.5. The lowest BCUT2D eigenvalue weighted by Crippen LogP contribution is -2.30. The van der Waals surface area contributed by atoms with Crippen molar-refractivity contribution in [3.8, 4) is 11.5 Å². The fraction of sp³-hybridized carbons (Fsp3) is 0.300. The van der Waals surface area contributed by atoms with E-state index in [-0.39, 0.29) is 18.0 Å². The van der Waals surface area contributed by atoms with Gasteiger partial charge in [0.15, 0.2) is 11.5 Å². The van der Waals surface area contributed by atoms with Crippen LogP contribution in [0.3, 0.4) is 0 Å². The predicted octanol–water partition coefficient (Wildman–Crippen LogP) is 2.26. The van der Waals surface area contributed by atoms with Gasteiger partial charge in [-0.15, -0.1) is 0 Å². The second-order valence-corrected chi connectivity index (χ2v) is 6.05. The van der Waals surface area contributed by atoms with Gasteiger partial charge in [0.2, 0.25) is 5.91 Å². The number of primary amides is 1. The van der Waals surface area contributed by atoms with Crippen molar-refractivity contribution in [2.75, 3.05) is 32.6 Å². The number of anilines is 1. The van der Waals surface area contributed by atoms with Gasteiger partial charge in [-0.3, -0.25) is 14.5 Å². The SMILES string of the molecule is CCOc1ccc(CN(C)CC(=O)Nc2ccccc2C(N)=O)cc1OC. The lowest BCUT2D eigenvalue weighted by atomic mass is 10.1. The van der Waals surface area contributed by atoms with Gasteiger partial charge < -0.3 is 20.5 Å². The summed E-state index contributed by atoms with van der Waals surface area (Å²) in [7, 11) is 3.43. The number of benzene rings is 2. The molecule has 27 heavy (non-hydrogen) atoms. The minimum absolute atomic E-state index is 0.155. The van der Waals surface area contributed by atoms with Crippen LogP contribution < -0.4 is 20.5 Å². The van der Waals surface area contributed by atoms with Gasteiger partial charge in [-0.25, -0.2) is 0 Å². The maximum absolute atomic E-state index is 12.3. The Balaban J connectivity index is 1.98. The highest BCUT2D eigenvalue weighted by atomic mass is 16.5. The van der Waals surface area contributed by atoms with E-state index in [1.54, 1.807) is 31.4 Å². The molecule has 0 heterocycles. The number of likely N-dealkylation sites (N-methyl/N-ethyl adjacent to an activating group) is 1. The van der Waals surface area contributed by atoms with Gasteiger partial charge >= 0.3 is 0 Å². The molecule has 0 unspecified atom stereocenters. The standard InChI is InChI=1S/C20H25N3O4/c1-4-27-17-10-9-14(11-18(17)26-3)12-23(2)13-19(24)22-16-8-6-5-7-15(16)20(21)25/h5-11H,4,12-13H2,1-3H3,(H2,21,25)(H,22,24). The third kappa shape index (κ3) is 5.72. The number of para-hydroxylation sites is 1. The minimum Gasteiger partial charge on any atom is -0.493 e. The Bertz CT molecular complexity index is 808. The van der Waals surface area contributed by atoms with E-state index in [9.17, 15) is 9.59 Å². The van der Waals surface area contributed by atoms with Crippen molar-refractivity contribution in [3.05, 3.63) is 53.6 Å². The van der Waals surface area contributed by atoms with E-state index in [1.807, 2.05) is 37.1 Å². The Hall–Kier alpha value is -3.06. The van der Waals surface area contributed by atoms with E-state index < -0.39 is 5.91 Å². The molecule has 0 saturated heterocycles. The molecule has 7 nitrogen and oxygen atoms in total. The zero-order valence-corrected chi connectivity index (χ0v) is 15.8. The molecule has 2 aromatic carbocycles. The largest absolute Gasteiger partial charge is 0.493 e. The molecule has 2 rings (SSSR count). The molecule has 0 bridgehead atoms.